The summed E-state index contributed by atoms with van der Waals surface area (Å²) in [6.45, 7) is 7.58. The lowest BCUT2D eigenvalue weighted by atomic mass is 10.1. The summed E-state index contributed by atoms with van der Waals surface area (Å²) >= 11 is 0. The van der Waals surface area contributed by atoms with Crippen molar-refractivity contribution in [3.8, 4) is 11.5 Å². The molecule has 1 N–H and O–H groups in total. The Morgan fingerprint density at radius 2 is 2.15 bits per heavy atom. The van der Waals surface area contributed by atoms with Gasteiger partial charge in [0.05, 0.1) is 18.7 Å². The Hall–Kier alpha value is -2.16. The van der Waals surface area contributed by atoms with E-state index in [4.69, 9.17) is 13.9 Å². The van der Waals surface area contributed by atoms with Crippen molar-refractivity contribution in [3.05, 3.63) is 35.5 Å². The lowest BCUT2D eigenvalue weighted by Crippen LogP contribution is -2.42. The zero-order chi connectivity index (χ0) is 18.1. The van der Waals surface area contributed by atoms with Gasteiger partial charge >= 0.3 is 0 Å². The van der Waals surface area contributed by atoms with Crippen molar-refractivity contribution in [2.24, 2.45) is 0 Å². The first-order chi connectivity index (χ1) is 12.6. The van der Waals surface area contributed by atoms with E-state index < -0.39 is 6.10 Å². The van der Waals surface area contributed by atoms with Crippen molar-refractivity contribution in [3.63, 3.8) is 0 Å². The minimum Gasteiger partial charge on any atom is -0.454 e. The third kappa shape index (κ3) is 3.40. The van der Waals surface area contributed by atoms with Gasteiger partial charge in [-0.05, 0) is 12.6 Å². The van der Waals surface area contributed by atoms with Gasteiger partial charge in [-0.2, -0.15) is 0 Å². The number of hydrogen-bond donors (Lipinski definition) is 1. The average molecular weight is 360 g/mol. The molecule has 0 aliphatic carbocycles. The summed E-state index contributed by atoms with van der Waals surface area (Å²) in [6, 6.07) is 5.97. The molecule has 0 amide bonds. The van der Waals surface area contributed by atoms with E-state index in [1.807, 2.05) is 18.2 Å². The molecule has 1 aromatic carbocycles. The van der Waals surface area contributed by atoms with Crippen LogP contribution >= 0.6 is 0 Å². The molecule has 0 bridgehead atoms. The predicted molar refractivity (Wildman–Crippen MR) is 92.8 cm³/mol. The highest BCUT2D eigenvalue weighted by molar-refractivity contribution is 5.48. The smallest absolute Gasteiger partial charge is 0.231 e. The molecule has 8 heteroatoms. The van der Waals surface area contributed by atoms with Crippen molar-refractivity contribution in [2.45, 2.75) is 39.1 Å². The molecule has 26 heavy (non-hydrogen) atoms. The van der Waals surface area contributed by atoms with Crippen molar-refractivity contribution in [1.82, 2.24) is 20.0 Å². The highest BCUT2D eigenvalue weighted by Gasteiger charge is 2.36. The van der Waals surface area contributed by atoms with Crippen LogP contribution in [-0.2, 0) is 13.1 Å². The standard InChI is InChI=1S/C18H24N4O4/c1-3-22(10-17-20-19-12(2)26-17)14-8-21(9-15(14)23)7-13-5-4-6-16-18(13)25-11-24-16/h4-6,14-15,23H,3,7-11H2,1-2H3/t14-,15-/m1/s1. The van der Waals surface area contributed by atoms with Crippen LogP contribution in [0.15, 0.2) is 22.6 Å². The summed E-state index contributed by atoms with van der Waals surface area (Å²) in [5, 5.41) is 18.6. The van der Waals surface area contributed by atoms with Gasteiger partial charge in [0.15, 0.2) is 11.5 Å². The number of β-amino-alcohol motifs (C(OH)–C–C–N with tert-alkyl or cyclic N) is 1. The molecule has 1 fully saturated rings. The van der Waals surface area contributed by atoms with E-state index in [0.717, 1.165) is 36.7 Å². The summed E-state index contributed by atoms with van der Waals surface area (Å²) in [5.74, 6) is 2.76. The summed E-state index contributed by atoms with van der Waals surface area (Å²) in [4.78, 5) is 4.43. The van der Waals surface area contributed by atoms with Crippen LogP contribution in [0.4, 0.5) is 0 Å². The molecule has 4 rings (SSSR count). The number of rotatable bonds is 6. The molecule has 140 valence electrons. The first kappa shape index (κ1) is 17.3. The zero-order valence-corrected chi connectivity index (χ0v) is 15.1. The summed E-state index contributed by atoms with van der Waals surface area (Å²) < 4.78 is 16.5. The van der Waals surface area contributed by atoms with Gasteiger partial charge in [0.1, 0.15) is 0 Å². The Morgan fingerprint density at radius 3 is 2.92 bits per heavy atom. The molecule has 3 heterocycles. The predicted octanol–water partition coefficient (Wildman–Crippen LogP) is 1.17. The maximum absolute atomic E-state index is 10.6. The number of ether oxygens (including phenoxy) is 2. The second kappa shape index (κ2) is 7.22. The molecule has 8 nitrogen and oxygen atoms in total. The highest BCUT2D eigenvalue weighted by Crippen LogP contribution is 2.36. The number of likely N-dealkylation sites (N-methyl/N-ethyl adjacent to an activating group) is 1. The summed E-state index contributed by atoms with van der Waals surface area (Å²) in [7, 11) is 0. The molecule has 0 radical (unpaired) electrons. The van der Waals surface area contributed by atoms with Gasteiger partial charge in [0.2, 0.25) is 18.6 Å². The van der Waals surface area contributed by atoms with Crippen LogP contribution < -0.4 is 9.47 Å². The quantitative estimate of drug-likeness (QED) is 0.822. The second-order valence-corrected chi connectivity index (χ2v) is 6.76. The van der Waals surface area contributed by atoms with Crippen LogP contribution in [0, 0.1) is 6.92 Å². The monoisotopic (exact) mass is 360 g/mol. The SMILES string of the molecule is CCN(Cc1nnc(C)o1)[C@@H]1CN(Cc2cccc3c2OCO3)C[C@H]1O. The maximum atomic E-state index is 10.6. The molecular weight excluding hydrogens is 336 g/mol. The Kier molecular flexibility index (Phi) is 4.80. The topological polar surface area (TPSA) is 84.1 Å². The van der Waals surface area contributed by atoms with Crippen LogP contribution in [0.3, 0.4) is 0 Å². The van der Waals surface area contributed by atoms with Gasteiger partial charge in [-0.15, -0.1) is 10.2 Å². The lowest BCUT2D eigenvalue weighted by Gasteiger charge is -2.28. The van der Waals surface area contributed by atoms with E-state index in [1.54, 1.807) is 6.92 Å². The van der Waals surface area contributed by atoms with Gasteiger partial charge in [0, 0.05) is 32.1 Å². The number of aromatic nitrogens is 2. The molecule has 2 aliphatic rings. The van der Waals surface area contributed by atoms with Crippen molar-refractivity contribution in [1.29, 1.82) is 0 Å². The van der Waals surface area contributed by atoms with Crippen LogP contribution in [0.25, 0.3) is 0 Å². The minimum atomic E-state index is -0.423. The van der Waals surface area contributed by atoms with Gasteiger partial charge < -0.3 is 19.0 Å². The van der Waals surface area contributed by atoms with Gasteiger partial charge in [-0.1, -0.05) is 19.1 Å². The van der Waals surface area contributed by atoms with Gasteiger partial charge in [0.25, 0.3) is 0 Å². The Bertz CT molecular complexity index is 765. The third-order valence-electron chi connectivity index (χ3n) is 4.99. The molecule has 2 aliphatic heterocycles. The zero-order valence-electron chi connectivity index (χ0n) is 15.1. The number of hydrogen-bond acceptors (Lipinski definition) is 8. The molecule has 1 aromatic heterocycles. The average Bonchev–Trinajstić information content (AvgIpc) is 3.34. The maximum Gasteiger partial charge on any atom is 0.231 e. The third-order valence-corrected chi connectivity index (χ3v) is 4.99. The summed E-state index contributed by atoms with van der Waals surface area (Å²) in [6.07, 6.45) is -0.423. The van der Waals surface area contributed by atoms with E-state index in [2.05, 4.69) is 26.9 Å². The number of para-hydroxylation sites is 1. The van der Waals surface area contributed by atoms with E-state index >= 15 is 0 Å². The highest BCUT2D eigenvalue weighted by atomic mass is 16.7. The number of nitrogens with zero attached hydrogens (tertiary/aromatic N) is 4. The molecule has 1 saturated heterocycles. The van der Waals surface area contributed by atoms with Crippen molar-refractivity contribution >= 4 is 0 Å². The van der Waals surface area contributed by atoms with Crippen LogP contribution in [0.1, 0.15) is 24.3 Å². The largest absolute Gasteiger partial charge is 0.454 e. The van der Waals surface area contributed by atoms with Gasteiger partial charge in [-0.25, -0.2) is 0 Å². The fourth-order valence-electron chi connectivity index (χ4n) is 3.73. The van der Waals surface area contributed by atoms with E-state index in [-0.39, 0.29) is 12.8 Å². The van der Waals surface area contributed by atoms with Crippen molar-refractivity contribution < 1.29 is 19.0 Å². The first-order valence-electron chi connectivity index (χ1n) is 8.95. The Balaban J connectivity index is 1.43. The summed E-state index contributed by atoms with van der Waals surface area (Å²) in [5.41, 5.74) is 1.09. The number of aryl methyl sites for hydroxylation is 1. The fraction of sp³-hybridized carbons (Fsp3) is 0.556. The first-order valence-corrected chi connectivity index (χ1v) is 8.95. The lowest BCUT2D eigenvalue weighted by molar-refractivity contribution is 0.0760. The molecule has 0 unspecified atom stereocenters. The van der Waals surface area contributed by atoms with Crippen LogP contribution in [0.2, 0.25) is 0 Å². The Labute approximate surface area is 152 Å². The molecular formula is C18H24N4O4. The minimum absolute atomic E-state index is 0.0288. The fourth-order valence-corrected chi connectivity index (χ4v) is 3.73. The molecule has 2 atom stereocenters. The van der Waals surface area contributed by atoms with E-state index in [1.165, 1.54) is 0 Å². The molecule has 0 saturated carbocycles. The van der Waals surface area contributed by atoms with E-state index in [0.29, 0.717) is 24.9 Å². The van der Waals surface area contributed by atoms with Gasteiger partial charge in [-0.3, -0.25) is 9.80 Å². The number of aliphatic hydroxyl groups is 1. The van der Waals surface area contributed by atoms with Crippen molar-refractivity contribution in [2.75, 3.05) is 26.4 Å². The number of fused-ring (bicyclic) bond motifs is 1. The molecule has 0 spiro atoms. The number of benzene rings is 1. The Morgan fingerprint density at radius 1 is 1.27 bits per heavy atom. The van der Waals surface area contributed by atoms with Crippen LogP contribution in [0.5, 0.6) is 11.5 Å². The second-order valence-electron chi connectivity index (χ2n) is 6.76. The number of likely N-dealkylation sites (tertiary alicyclic amines) is 1. The molecule has 2 aromatic rings. The number of aliphatic hydroxyl groups excluding tert-OH is 1. The normalized spacial score (nSPS) is 22.5. The van der Waals surface area contributed by atoms with E-state index in [9.17, 15) is 5.11 Å². The van der Waals surface area contributed by atoms with Crippen LogP contribution in [-0.4, -0.2) is 63.7 Å².